The average molecular weight is 476 g/mol. The van der Waals surface area contributed by atoms with E-state index in [0.717, 1.165) is 0 Å². The fourth-order valence-corrected chi connectivity index (χ4v) is 3.64. The number of esters is 3. The zero-order valence-electron chi connectivity index (χ0n) is 18.9. The summed E-state index contributed by atoms with van der Waals surface area (Å²) in [7, 11) is 1.39. The number of rotatable bonds is 8. The Morgan fingerprint density at radius 3 is 1.60 bits per heavy atom. The van der Waals surface area contributed by atoms with E-state index in [1.807, 2.05) is 0 Å². The molecule has 0 aromatic heterocycles. The number of hydrogen-bond acceptors (Lipinski definition) is 8. The summed E-state index contributed by atoms with van der Waals surface area (Å²) in [5.74, 6) is -1.82. The van der Waals surface area contributed by atoms with Crippen molar-refractivity contribution in [3.8, 4) is 0 Å². The first kappa shape index (κ1) is 24.1. The van der Waals surface area contributed by atoms with E-state index in [1.54, 1.807) is 91.0 Å². The third-order valence-corrected chi connectivity index (χ3v) is 5.41. The normalized spacial score (nSPS) is 21.2. The lowest BCUT2D eigenvalue weighted by Crippen LogP contribution is -2.41. The molecule has 0 radical (unpaired) electrons. The summed E-state index contributed by atoms with van der Waals surface area (Å²) in [6.45, 7) is -0.250. The fraction of sp³-hybridized carbons (Fsp3) is 0.222. The van der Waals surface area contributed by atoms with Crippen molar-refractivity contribution in [1.82, 2.24) is 0 Å². The SMILES string of the molecule is COC1C(OC(=O)c2ccccc2)OC(COC(=O)c2ccccc2)C1OC(=O)c1ccccc1. The molecule has 1 fully saturated rings. The molecule has 0 bridgehead atoms. The van der Waals surface area contributed by atoms with E-state index < -0.39 is 42.5 Å². The molecule has 4 atom stereocenters. The Hall–Kier alpha value is -4.01. The molecule has 1 heterocycles. The van der Waals surface area contributed by atoms with Crippen molar-refractivity contribution in [2.45, 2.75) is 24.6 Å². The van der Waals surface area contributed by atoms with Crippen LogP contribution < -0.4 is 0 Å². The van der Waals surface area contributed by atoms with Crippen LogP contribution in [0.1, 0.15) is 31.1 Å². The molecule has 180 valence electrons. The highest BCUT2D eigenvalue weighted by Gasteiger charge is 2.50. The van der Waals surface area contributed by atoms with Crippen LogP contribution >= 0.6 is 0 Å². The van der Waals surface area contributed by atoms with E-state index in [9.17, 15) is 14.4 Å². The number of carbonyl (C=O) groups is 3. The van der Waals surface area contributed by atoms with Crippen LogP contribution in [-0.4, -0.2) is 56.2 Å². The minimum Gasteiger partial charge on any atom is -0.459 e. The highest BCUT2D eigenvalue weighted by atomic mass is 16.7. The molecule has 3 aromatic carbocycles. The van der Waals surface area contributed by atoms with Gasteiger partial charge in [0.1, 0.15) is 12.7 Å². The van der Waals surface area contributed by atoms with Crippen molar-refractivity contribution >= 4 is 17.9 Å². The van der Waals surface area contributed by atoms with E-state index in [2.05, 4.69) is 0 Å². The topological polar surface area (TPSA) is 97.4 Å². The molecule has 35 heavy (non-hydrogen) atoms. The fourth-order valence-electron chi connectivity index (χ4n) is 3.64. The number of benzene rings is 3. The molecule has 0 aliphatic carbocycles. The predicted octanol–water partition coefficient (Wildman–Crippen LogP) is 3.67. The Morgan fingerprint density at radius 2 is 1.11 bits per heavy atom. The van der Waals surface area contributed by atoms with Gasteiger partial charge in [-0.2, -0.15) is 0 Å². The molecule has 1 saturated heterocycles. The molecule has 4 rings (SSSR count). The van der Waals surface area contributed by atoms with Crippen molar-refractivity contribution in [3.05, 3.63) is 108 Å². The number of hydrogen-bond donors (Lipinski definition) is 0. The molecular formula is C27H24O8. The third-order valence-electron chi connectivity index (χ3n) is 5.41. The molecule has 1 aliphatic heterocycles. The molecule has 4 unspecified atom stereocenters. The molecule has 8 nitrogen and oxygen atoms in total. The lowest BCUT2D eigenvalue weighted by Gasteiger charge is -2.22. The Labute approximate surface area is 202 Å². The summed E-state index contributed by atoms with van der Waals surface area (Å²) in [6, 6.07) is 25.2. The van der Waals surface area contributed by atoms with Crippen LogP contribution in [0.25, 0.3) is 0 Å². The molecule has 8 heteroatoms. The second-order valence-corrected chi connectivity index (χ2v) is 7.72. The van der Waals surface area contributed by atoms with E-state index in [1.165, 1.54) is 7.11 Å². The second kappa shape index (κ2) is 11.4. The van der Waals surface area contributed by atoms with Crippen molar-refractivity contribution in [2.75, 3.05) is 13.7 Å². The number of carbonyl (C=O) groups excluding carboxylic acids is 3. The average Bonchev–Trinajstić information content (AvgIpc) is 3.23. The smallest absolute Gasteiger partial charge is 0.340 e. The van der Waals surface area contributed by atoms with Crippen LogP contribution in [0.4, 0.5) is 0 Å². The Balaban J connectivity index is 1.51. The van der Waals surface area contributed by atoms with Gasteiger partial charge in [-0.05, 0) is 36.4 Å². The van der Waals surface area contributed by atoms with E-state index in [4.69, 9.17) is 23.7 Å². The molecule has 0 spiro atoms. The van der Waals surface area contributed by atoms with Gasteiger partial charge >= 0.3 is 17.9 Å². The van der Waals surface area contributed by atoms with Crippen LogP contribution in [0, 0.1) is 0 Å². The molecular weight excluding hydrogens is 452 g/mol. The first-order valence-corrected chi connectivity index (χ1v) is 11.0. The van der Waals surface area contributed by atoms with Crippen molar-refractivity contribution in [1.29, 1.82) is 0 Å². The third kappa shape index (κ3) is 5.92. The molecule has 0 amide bonds. The second-order valence-electron chi connectivity index (χ2n) is 7.72. The summed E-state index contributed by atoms with van der Waals surface area (Å²) in [5, 5.41) is 0. The van der Waals surface area contributed by atoms with E-state index in [0.29, 0.717) is 16.7 Å². The van der Waals surface area contributed by atoms with Gasteiger partial charge in [-0.1, -0.05) is 54.6 Å². The van der Waals surface area contributed by atoms with Crippen molar-refractivity contribution < 1.29 is 38.1 Å². The minimum absolute atomic E-state index is 0.250. The quantitative estimate of drug-likeness (QED) is 0.359. The highest BCUT2D eigenvalue weighted by Crippen LogP contribution is 2.29. The summed E-state index contributed by atoms with van der Waals surface area (Å²) in [6.07, 6.45) is -4.09. The molecule has 3 aromatic rings. The van der Waals surface area contributed by atoms with Crippen LogP contribution in [-0.2, 0) is 23.7 Å². The maximum absolute atomic E-state index is 12.8. The molecule has 0 saturated carbocycles. The van der Waals surface area contributed by atoms with Gasteiger partial charge in [0.15, 0.2) is 12.2 Å². The van der Waals surface area contributed by atoms with Gasteiger partial charge in [0.25, 0.3) is 0 Å². The van der Waals surface area contributed by atoms with Gasteiger partial charge in [0, 0.05) is 7.11 Å². The maximum Gasteiger partial charge on any atom is 0.340 e. The highest BCUT2D eigenvalue weighted by molar-refractivity contribution is 5.90. The Kier molecular flexibility index (Phi) is 7.87. The predicted molar refractivity (Wildman–Crippen MR) is 124 cm³/mol. The van der Waals surface area contributed by atoms with Crippen LogP contribution in [0.3, 0.4) is 0 Å². The number of ether oxygens (including phenoxy) is 5. The van der Waals surface area contributed by atoms with Gasteiger partial charge in [-0.15, -0.1) is 0 Å². The van der Waals surface area contributed by atoms with E-state index in [-0.39, 0.29) is 6.61 Å². The van der Waals surface area contributed by atoms with Crippen LogP contribution in [0.15, 0.2) is 91.0 Å². The Morgan fingerprint density at radius 1 is 0.657 bits per heavy atom. The zero-order valence-corrected chi connectivity index (χ0v) is 18.9. The van der Waals surface area contributed by atoms with Gasteiger partial charge in [-0.25, -0.2) is 14.4 Å². The zero-order chi connectivity index (χ0) is 24.6. The summed E-state index contributed by atoms with van der Waals surface area (Å²) in [4.78, 5) is 37.8. The molecule has 0 N–H and O–H groups in total. The van der Waals surface area contributed by atoms with E-state index >= 15 is 0 Å². The first-order valence-electron chi connectivity index (χ1n) is 11.0. The van der Waals surface area contributed by atoms with Crippen molar-refractivity contribution in [3.63, 3.8) is 0 Å². The lowest BCUT2D eigenvalue weighted by atomic mass is 10.1. The van der Waals surface area contributed by atoms with Crippen LogP contribution in [0.2, 0.25) is 0 Å². The summed E-state index contributed by atoms with van der Waals surface area (Å²) >= 11 is 0. The van der Waals surface area contributed by atoms with Crippen molar-refractivity contribution in [2.24, 2.45) is 0 Å². The molecule has 1 aliphatic rings. The standard InChI is InChI=1S/C27H24O8/c1-31-23-22(34-25(29)19-13-7-3-8-14-19)21(17-32-24(28)18-11-5-2-6-12-18)33-27(23)35-26(30)20-15-9-4-10-16-20/h2-16,21-23,27H,17H2,1H3. The van der Waals surface area contributed by atoms with Gasteiger partial charge in [-0.3, -0.25) is 0 Å². The maximum atomic E-state index is 12.8. The lowest BCUT2D eigenvalue weighted by molar-refractivity contribution is -0.145. The number of methoxy groups -OCH3 is 1. The Bertz CT molecular complexity index is 1130. The van der Waals surface area contributed by atoms with Gasteiger partial charge < -0.3 is 23.7 Å². The first-order chi connectivity index (χ1) is 17.1. The minimum atomic E-state index is -1.19. The van der Waals surface area contributed by atoms with Gasteiger partial charge in [0.2, 0.25) is 6.29 Å². The monoisotopic (exact) mass is 476 g/mol. The largest absolute Gasteiger partial charge is 0.459 e. The van der Waals surface area contributed by atoms with Crippen LogP contribution in [0.5, 0.6) is 0 Å². The van der Waals surface area contributed by atoms with Gasteiger partial charge in [0.05, 0.1) is 16.7 Å². The summed E-state index contributed by atoms with van der Waals surface area (Å²) < 4.78 is 28.0. The summed E-state index contributed by atoms with van der Waals surface area (Å²) in [5.41, 5.74) is 1.01.